The Morgan fingerprint density at radius 2 is 1.71 bits per heavy atom. The summed E-state index contributed by atoms with van der Waals surface area (Å²) >= 11 is 0. The number of hydrogen-bond acceptors (Lipinski definition) is 6. The molecular formula is C16H21F6N3O3. The summed E-state index contributed by atoms with van der Waals surface area (Å²) in [5.41, 5.74) is 0.432. The van der Waals surface area contributed by atoms with Crippen molar-refractivity contribution < 1.29 is 40.8 Å². The molecule has 28 heavy (non-hydrogen) atoms. The molecule has 0 aromatic carbocycles. The van der Waals surface area contributed by atoms with Crippen LogP contribution in [0.4, 0.5) is 26.3 Å². The number of nitrogens with zero attached hydrogens (tertiary/aromatic N) is 2. The Balaban J connectivity index is 3.00. The fourth-order valence-corrected chi connectivity index (χ4v) is 1.74. The van der Waals surface area contributed by atoms with Crippen LogP contribution in [0.3, 0.4) is 0 Å². The lowest BCUT2D eigenvalue weighted by Crippen LogP contribution is -2.27. The molecule has 0 bridgehead atoms. The zero-order chi connectivity index (χ0) is 21.6. The van der Waals surface area contributed by atoms with Gasteiger partial charge >= 0.3 is 12.4 Å². The lowest BCUT2D eigenvalue weighted by Gasteiger charge is -2.22. The van der Waals surface area contributed by atoms with E-state index in [2.05, 4.69) is 20.4 Å². The summed E-state index contributed by atoms with van der Waals surface area (Å²) < 4.78 is 80.2. The van der Waals surface area contributed by atoms with Crippen molar-refractivity contribution in [2.45, 2.75) is 33.1 Å². The standard InChI is InChI=1S/C16H21F6N3O3/c1-10(25-28-8-14(2,3)7-27-23-4)12-5-11(16(20,21)22)6-13(24-12)26-9-15(17,18)19/h5-6,23H,7-9H2,1-4H3/b25-10+. The van der Waals surface area contributed by atoms with Gasteiger partial charge in [-0.25, -0.2) is 10.5 Å². The van der Waals surface area contributed by atoms with Gasteiger partial charge in [0.2, 0.25) is 5.88 Å². The van der Waals surface area contributed by atoms with E-state index in [4.69, 9.17) is 9.68 Å². The summed E-state index contributed by atoms with van der Waals surface area (Å²) in [6.07, 6.45) is -9.52. The van der Waals surface area contributed by atoms with Gasteiger partial charge in [0.05, 0.1) is 17.9 Å². The Labute approximate surface area is 157 Å². The molecular weight excluding hydrogens is 396 g/mol. The summed E-state index contributed by atoms with van der Waals surface area (Å²) in [5, 5.41) is 3.69. The molecule has 160 valence electrons. The molecule has 0 radical (unpaired) electrons. The molecule has 1 N–H and O–H groups in total. The first-order valence-corrected chi connectivity index (χ1v) is 7.98. The molecule has 0 amide bonds. The van der Waals surface area contributed by atoms with Crippen LogP contribution in [0.15, 0.2) is 17.3 Å². The Kier molecular flexibility index (Phi) is 8.05. The second-order valence-electron chi connectivity index (χ2n) is 6.59. The van der Waals surface area contributed by atoms with Crippen LogP contribution in [0.1, 0.15) is 32.0 Å². The molecule has 6 nitrogen and oxygen atoms in total. The van der Waals surface area contributed by atoms with Gasteiger partial charge in [-0.1, -0.05) is 19.0 Å². The Morgan fingerprint density at radius 3 is 2.25 bits per heavy atom. The maximum absolute atomic E-state index is 13.0. The van der Waals surface area contributed by atoms with Crippen LogP contribution < -0.4 is 10.2 Å². The van der Waals surface area contributed by atoms with Crippen LogP contribution in [-0.2, 0) is 15.9 Å². The Bertz CT molecular complexity index is 675. The van der Waals surface area contributed by atoms with Crippen molar-refractivity contribution in [3.05, 3.63) is 23.4 Å². The van der Waals surface area contributed by atoms with Gasteiger partial charge in [-0.2, -0.15) is 26.3 Å². The van der Waals surface area contributed by atoms with Crippen molar-refractivity contribution in [2.75, 3.05) is 26.9 Å². The minimum absolute atomic E-state index is 0.0618. The van der Waals surface area contributed by atoms with Crippen LogP contribution in [0.5, 0.6) is 5.88 Å². The van der Waals surface area contributed by atoms with Gasteiger partial charge in [0, 0.05) is 18.5 Å². The molecule has 0 fully saturated rings. The van der Waals surface area contributed by atoms with Crippen LogP contribution in [0, 0.1) is 5.41 Å². The van der Waals surface area contributed by atoms with Gasteiger partial charge in [0.25, 0.3) is 0 Å². The van der Waals surface area contributed by atoms with Gasteiger partial charge in [-0.15, -0.1) is 0 Å². The van der Waals surface area contributed by atoms with E-state index in [-0.39, 0.29) is 24.6 Å². The zero-order valence-corrected chi connectivity index (χ0v) is 15.7. The molecule has 12 heteroatoms. The number of rotatable bonds is 9. The van der Waals surface area contributed by atoms with Crippen LogP contribution in [0.2, 0.25) is 0 Å². The van der Waals surface area contributed by atoms with E-state index in [0.717, 1.165) is 0 Å². The predicted octanol–water partition coefficient (Wildman–Crippen LogP) is 3.96. The first kappa shape index (κ1) is 24.0. The number of pyridine rings is 1. The van der Waals surface area contributed by atoms with E-state index in [9.17, 15) is 26.3 Å². The first-order valence-electron chi connectivity index (χ1n) is 7.98. The van der Waals surface area contributed by atoms with Gasteiger partial charge in [-0.3, -0.25) is 0 Å². The van der Waals surface area contributed by atoms with Gasteiger partial charge < -0.3 is 14.4 Å². The van der Waals surface area contributed by atoms with Gasteiger partial charge in [-0.05, 0) is 13.0 Å². The van der Waals surface area contributed by atoms with E-state index < -0.39 is 35.8 Å². The highest BCUT2D eigenvalue weighted by Gasteiger charge is 2.33. The Hall–Kier alpha value is -2.08. The number of oxime groups is 1. The number of alkyl halides is 6. The lowest BCUT2D eigenvalue weighted by molar-refractivity contribution is -0.154. The molecule has 1 aromatic rings. The van der Waals surface area contributed by atoms with Crippen LogP contribution in [-0.4, -0.2) is 43.7 Å². The van der Waals surface area contributed by atoms with Gasteiger partial charge in [0.1, 0.15) is 12.3 Å². The number of hydrogen-bond donors (Lipinski definition) is 1. The quantitative estimate of drug-likeness (QED) is 0.374. The van der Waals surface area contributed by atoms with E-state index in [1.807, 2.05) is 0 Å². The fourth-order valence-electron chi connectivity index (χ4n) is 1.74. The highest BCUT2D eigenvalue weighted by Crippen LogP contribution is 2.32. The highest BCUT2D eigenvalue weighted by molar-refractivity contribution is 5.96. The second kappa shape index (κ2) is 9.41. The molecule has 0 spiro atoms. The summed E-state index contributed by atoms with van der Waals surface area (Å²) in [4.78, 5) is 13.8. The molecule has 0 aliphatic heterocycles. The average Bonchev–Trinajstić information content (AvgIpc) is 2.56. The number of nitrogens with one attached hydrogen (secondary N) is 1. The molecule has 1 rings (SSSR count). The number of ether oxygens (including phenoxy) is 1. The normalized spacial score (nSPS) is 13.6. The summed E-state index contributed by atoms with van der Waals surface area (Å²) in [6.45, 7) is 3.50. The SMILES string of the molecule is CNOCC(C)(C)CO/N=C(\C)c1cc(C(F)(F)F)cc(OCC(F)(F)F)n1. The fraction of sp³-hybridized carbons (Fsp3) is 0.625. The minimum atomic E-state index is -4.80. The van der Waals surface area contributed by atoms with Crippen molar-refractivity contribution in [2.24, 2.45) is 10.6 Å². The summed E-state index contributed by atoms with van der Waals surface area (Å²) in [5.74, 6) is -0.820. The lowest BCUT2D eigenvalue weighted by atomic mass is 9.97. The van der Waals surface area contributed by atoms with Crippen molar-refractivity contribution in [1.82, 2.24) is 10.5 Å². The van der Waals surface area contributed by atoms with Gasteiger partial charge in [0.15, 0.2) is 6.61 Å². The predicted molar refractivity (Wildman–Crippen MR) is 87.7 cm³/mol. The van der Waals surface area contributed by atoms with Crippen LogP contribution >= 0.6 is 0 Å². The molecule has 0 aliphatic carbocycles. The molecule has 0 atom stereocenters. The highest BCUT2D eigenvalue weighted by atomic mass is 19.4. The summed E-state index contributed by atoms with van der Waals surface area (Å²) in [6, 6.07) is 1.04. The third kappa shape index (κ3) is 8.74. The minimum Gasteiger partial charge on any atom is -0.468 e. The van der Waals surface area contributed by atoms with Crippen molar-refractivity contribution in [1.29, 1.82) is 0 Å². The number of hydroxylamine groups is 1. The average molecular weight is 417 g/mol. The Morgan fingerprint density at radius 1 is 1.07 bits per heavy atom. The molecule has 0 saturated heterocycles. The third-order valence-corrected chi connectivity index (χ3v) is 3.15. The monoisotopic (exact) mass is 417 g/mol. The van der Waals surface area contributed by atoms with Crippen molar-refractivity contribution in [3.8, 4) is 5.88 Å². The maximum Gasteiger partial charge on any atom is 0.422 e. The molecule has 1 aromatic heterocycles. The number of aromatic nitrogens is 1. The largest absolute Gasteiger partial charge is 0.468 e. The number of halogens is 6. The molecule has 0 aliphatic rings. The second-order valence-corrected chi connectivity index (χ2v) is 6.59. The van der Waals surface area contributed by atoms with Crippen molar-refractivity contribution >= 4 is 5.71 Å². The third-order valence-electron chi connectivity index (χ3n) is 3.15. The van der Waals surface area contributed by atoms with E-state index in [1.165, 1.54) is 6.92 Å². The summed E-state index contributed by atoms with van der Waals surface area (Å²) in [7, 11) is 1.58. The molecule has 0 unspecified atom stereocenters. The van der Waals surface area contributed by atoms with Crippen molar-refractivity contribution in [3.63, 3.8) is 0 Å². The van der Waals surface area contributed by atoms with E-state index >= 15 is 0 Å². The smallest absolute Gasteiger partial charge is 0.422 e. The molecule has 1 heterocycles. The van der Waals surface area contributed by atoms with Crippen LogP contribution in [0.25, 0.3) is 0 Å². The first-order chi connectivity index (χ1) is 12.7. The zero-order valence-electron chi connectivity index (χ0n) is 15.7. The topological polar surface area (TPSA) is 65.0 Å². The molecule has 0 saturated carbocycles. The maximum atomic E-state index is 13.0. The van der Waals surface area contributed by atoms with E-state index in [1.54, 1.807) is 20.9 Å². The van der Waals surface area contributed by atoms with E-state index in [0.29, 0.717) is 12.1 Å².